The normalized spacial score (nSPS) is 16.2. The van der Waals surface area contributed by atoms with Gasteiger partial charge in [-0.25, -0.2) is 4.79 Å². The zero-order valence-corrected chi connectivity index (χ0v) is 11.0. The standard InChI is InChI=1S/C15H20O3/c1-10(2)13-8-7-11(15(16)17)9-14(13)18-12-5-3-4-6-12/h7-10,12H,3-6H2,1-2H3,(H,16,17). The van der Waals surface area contributed by atoms with Gasteiger partial charge in [0.05, 0.1) is 11.7 Å². The predicted molar refractivity (Wildman–Crippen MR) is 70.4 cm³/mol. The number of hydrogen-bond donors (Lipinski definition) is 1. The van der Waals surface area contributed by atoms with Gasteiger partial charge in [0, 0.05) is 0 Å². The lowest BCUT2D eigenvalue weighted by Crippen LogP contribution is -2.13. The molecule has 0 aliphatic heterocycles. The summed E-state index contributed by atoms with van der Waals surface area (Å²) < 4.78 is 6.00. The van der Waals surface area contributed by atoms with E-state index in [9.17, 15) is 4.79 Å². The van der Waals surface area contributed by atoms with Gasteiger partial charge in [-0.3, -0.25) is 0 Å². The molecule has 0 heterocycles. The molecule has 1 aromatic carbocycles. The molecule has 1 aliphatic carbocycles. The molecule has 0 saturated heterocycles. The second-order valence-electron chi connectivity index (χ2n) is 5.24. The van der Waals surface area contributed by atoms with E-state index in [4.69, 9.17) is 9.84 Å². The molecule has 0 aromatic heterocycles. The summed E-state index contributed by atoms with van der Waals surface area (Å²) in [5, 5.41) is 9.04. The second-order valence-corrected chi connectivity index (χ2v) is 5.24. The van der Waals surface area contributed by atoms with Crippen LogP contribution in [-0.2, 0) is 0 Å². The zero-order chi connectivity index (χ0) is 13.1. The van der Waals surface area contributed by atoms with Crippen molar-refractivity contribution < 1.29 is 14.6 Å². The molecule has 0 unspecified atom stereocenters. The van der Waals surface area contributed by atoms with Crippen molar-refractivity contribution in [2.75, 3.05) is 0 Å². The van der Waals surface area contributed by atoms with Crippen molar-refractivity contribution in [1.29, 1.82) is 0 Å². The summed E-state index contributed by atoms with van der Waals surface area (Å²) in [6, 6.07) is 5.19. The molecule has 1 fully saturated rings. The second kappa shape index (κ2) is 5.42. The van der Waals surface area contributed by atoms with Crippen molar-refractivity contribution in [3.63, 3.8) is 0 Å². The maximum atomic E-state index is 11.0. The summed E-state index contributed by atoms with van der Waals surface area (Å²) in [7, 11) is 0. The van der Waals surface area contributed by atoms with Crippen molar-refractivity contribution in [3.05, 3.63) is 29.3 Å². The number of carbonyl (C=O) groups is 1. The largest absolute Gasteiger partial charge is 0.490 e. The van der Waals surface area contributed by atoms with E-state index in [-0.39, 0.29) is 6.10 Å². The molecule has 18 heavy (non-hydrogen) atoms. The lowest BCUT2D eigenvalue weighted by atomic mass is 10.00. The Labute approximate surface area is 108 Å². The highest BCUT2D eigenvalue weighted by molar-refractivity contribution is 5.88. The fraction of sp³-hybridized carbons (Fsp3) is 0.533. The van der Waals surface area contributed by atoms with E-state index in [1.165, 1.54) is 12.8 Å². The monoisotopic (exact) mass is 248 g/mol. The van der Waals surface area contributed by atoms with E-state index >= 15 is 0 Å². The fourth-order valence-electron chi connectivity index (χ4n) is 2.43. The summed E-state index contributed by atoms with van der Waals surface area (Å²) >= 11 is 0. The van der Waals surface area contributed by atoms with Crippen LogP contribution < -0.4 is 4.74 Å². The maximum absolute atomic E-state index is 11.0. The Morgan fingerprint density at radius 1 is 1.33 bits per heavy atom. The number of rotatable bonds is 4. The quantitative estimate of drug-likeness (QED) is 0.880. The van der Waals surface area contributed by atoms with Crippen LogP contribution in [0.3, 0.4) is 0 Å². The molecule has 0 amide bonds. The molecule has 1 N–H and O–H groups in total. The predicted octanol–water partition coefficient (Wildman–Crippen LogP) is 3.83. The third-order valence-corrected chi connectivity index (χ3v) is 3.48. The molecule has 0 spiro atoms. The lowest BCUT2D eigenvalue weighted by molar-refractivity contribution is 0.0696. The van der Waals surface area contributed by atoms with Gasteiger partial charge in [0.1, 0.15) is 5.75 Å². The van der Waals surface area contributed by atoms with Crippen LogP contribution in [0.4, 0.5) is 0 Å². The minimum Gasteiger partial charge on any atom is -0.490 e. The average molecular weight is 248 g/mol. The Balaban J connectivity index is 2.27. The summed E-state index contributed by atoms with van der Waals surface area (Å²) in [5.74, 6) is 0.183. The Morgan fingerprint density at radius 3 is 2.56 bits per heavy atom. The number of benzene rings is 1. The SMILES string of the molecule is CC(C)c1ccc(C(=O)O)cc1OC1CCCC1. The molecule has 3 heteroatoms. The van der Waals surface area contributed by atoms with Crippen LogP contribution in [0, 0.1) is 0 Å². The Bertz CT molecular complexity index is 431. The first-order valence-corrected chi connectivity index (χ1v) is 6.62. The zero-order valence-electron chi connectivity index (χ0n) is 11.0. The highest BCUT2D eigenvalue weighted by Crippen LogP contribution is 2.31. The minimum atomic E-state index is -0.901. The minimum absolute atomic E-state index is 0.256. The van der Waals surface area contributed by atoms with E-state index in [0.717, 1.165) is 24.2 Å². The van der Waals surface area contributed by atoms with Gasteiger partial charge in [-0.1, -0.05) is 19.9 Å². The molecule has 1 saturated carbocycles. The van der Waals surface area contributed by atoms with Gasteiger partial charge in [0.25, 0.3) is 0 Å². The van der Waals surface area contributed by atoms with Gasteiger partial charge in [-0.2, -0.15) is 0 Å². The third-order valence-electron chi connectivity index (χ3n) is 3.48. The fourth-order valence-corrected chi connectivity index (χ4v) is 2.43. The maximum Gasteiger partial charge on any atom is 0.335 e. The van der Waals surface area contributed by atoms with Gasteiger partial charge in [0.2, 0.25) is 0 Å². The van der Waals surface area contributed by atoms with E-state index in [1.54, 1.807) is 12.1 Å². The first-order chi connectivity index (χ1) is 8.58. The van der Waals surface area contributed by atoms with Crippen LogP contribution in [0.15, 0.2) is 18.2 Å². The van der Waals surface area contributed by atoms with Crippen LogP contribution in [0.25, 0.3) is 0 Å². The molecular weight excluding hydrogens is 228 g/mol. The highest BCUT2D eigenvalue weighted by atomic mass is 16.5. The van der Waals surface area contributed by atoms with E-state index in [0.29, 0.717) is 11.5 Å². The summed E-state index contributed by atoms with van der Waals surface area (Å²) in [4.78, 5) is 11.0. The van der Waals surface area contributed by atoms with E-state index in [1.807, 2.05) is 6.07 Å². The third kappa shape index (κ3) is 2.84. The van der Waals surface area contributed by atoms with Gasteiger partial charge in [-0.15, -0.1) is 0 Å². The lowest BCUT2D eigenvalue weighted by Gasteiger charge is -2.18. The molecule has 0 radical (unpaired) electrons. The topological polar surface area (TPSA) is 46.5 Å². The summed E-state index contributed by atoms with van der Waals surface area (Å²) in [6.07, 6.45) is 4.83. The van der Waals surface area contributed by atoms with Crippen LogP contribution in [0.2, 0.25) is 0 Å². The molecule has 1 aliphatic rings. The molecule has 1 aromatic rings. The first-order valence-electron chi connectivity index (χ1n) is 6.62. The molecule has 0 atom stereocenters. The van der Waals surface area contributed by atoms with Crippen molar-refractivity contribution >= 4 is 5.97 Å². The first kappa shape index (κ1) is 12.9. The molecular formula is C15H20O3. The van der Waals surface area contributed by atoms with Gasteiger partial charge >= 0.3 is 5.97 Å². The van der Waals surface area contributed by atoms with Crippen LogP contribution in [0.1, 0.15) is 61.4 Å². The number of hydrogen-bond acceptors (Lipinski definition) is 2. The van der Waals surface area contributed by atoms with Crippen LogP contribution in [0.5, 0.6) is 5.75 Å². The molecule has 3 nitrogen and oxygen atoms in total. The number of ether oxygens (including phenoxy) is 1. The van der Waals surface area contributed by atoms with Crippen molar-refractivity contribution in [2.24, 2.45) is 0 Å². The highest BCUT2D eigenvalue weighted by Gasteiger charge is 2.19. The van der Waals surface area contributed by atoms with Crippen molar-refractivity contribution in [3.8, 4) is 5.75 Å². The smallest absolute Gasteiger partial charge is 0.335 e. The van der Waals surface area contributed by atoms with Crippen LogP contribution >= 0.6 is 0 Å². The summed E-state index contributed by atoms with van der Waals surface area (Å²) in [5.41, 5.74) is 1.39. The van der Waals surface area contributed by atoms with Crippen molar-refractivity contribution in [1.82, 2.24) is 0 Å². The van der Waals surface area contributed by atoms with Crippen LogP contribution in [-0.4, -0.2) is 17.2 Å². The Kier molecular flexibility index (Phi) is 3.90. The molecule has 0 bridgehead atoms. The number of carboxylic acid groups (broad SMARTS) is 1. The molecule has 98 valence electrons. The van der Waals surface area contributed by atoms with Gasteiger partial charge in [0.15, 0.2) is 0 Å². The van der Waals surface area contributed by atoms with Crippen molar-refractivity contribution in [2.45, 2.75) is 51.6 Å². The average Bonchev–Trinajstić information content (AvgIpc) is 2.81. The number of aromatic carboxylic acids is 1. The van der Waals surface area contributed by atoms with E-state index < -0.39 is 5.97 Å². The van der Waals surface area contributed by atoms with Gasteiger partial charge in [-0.05, 0) is 49.3 Å². The number of carboxylic acids is 1. The van der Waals surface area contributed by atoms with Gasteiger partial charge < -0.3 is 9.84 Å². The molecule has 2 rings (SSSR count). The Hall–Kier alpha value is -1.51. The van der Waals surface area contributed by atoms with E-state index in [2.05, 4.69) is 13.8 Å². The summed E-state index contributed by atoms with van der Waals surface area (Å²) in [6.45, 7) is 4.19. The Morgan fingerprint density at radius 2 is 2.00 bits per heavy atom.